The second-order valence-electron chi connectivity index (χ2n) is 9.50. The standard InChI is InChI=1S/C33H26NO5P/c1-22(35)34-27-21-13-12-20-26(27)28-29(32(36)38-2)30(33(37)39-31(28)34)40(23-14-6-3-7-15-23,24-16-8-4-9-17-24)25-18-10-5-11-19-25/h3-21,29H,1-2H3. The molecule has 7 heteroatoms. The fourth-order valence-corrected chi connectivity index (χ4v) is 10.4. The number of fused-ring (bicyclic) bond motifs is 3. The minimum Gasteiger partial charge on any atom is -0.468 e. The van der Waals surface area contributed by atoms with Gasteiger partial charge < -0.3 is 9.47 Å². The molecular formula is C33H26NO5P. The molecule has 198 valence electrons. The highest BCUT2D eigenvalue weighted by Gasteiger charge is 2.48. The second kappa shape index (κ2) is 10.1. The average molecular weight is 548 g/mol. The summed E-state index contributed by atoms with van der Waals surface area (Å²) in [7, 11) is 1.32. The van der Waals surface area contributed by atoms with Crippen molar-refractivity contribution in [2.45, 2.75) is 12.8 Å². The summed E-state index contributed by atoms with van der Waals surface area (Å²) in [6.07, 6.45) is 0. The average Bonchev–Trinajstić information content (AvgIpc) is 3.33. The van der Waals surface area contributed by atoms with E-state index in [1.165, 1.54) is 18.6 Å². The summed E-state index contributed by atoms with van der Waals surface area (Å²) in [4.78, 5) is 41.2. The Balaban J connectivity index is 1.89. The molecule has 6 rings (SSSR count). The van der Waals surface area contributed by atoms with Gasteiger partial charge >= 0.3 is 11.9 Å². The van der Waals surface area contributed by atoms with Crippen LogP contribution >= 0.6 is 6.89 Å². The molecule has 1 unspecified atom stereocenters. The Morgan fingerprint density at radius 2 is 1.23 bits per heavy atom. The first-order valence-corrected chi connectivity index (χ1v) is 14.7. The Morgan fingerprint density at radius 1 is 0.750 bits per heavy atom. The number of hydrogen-bond acceptors (Lipinski definition) is 5. The number of methoxy groups -OCH3 is 1. The summed E-state index contributed by atoms with van der Waals surface area (Å²) >= 11 is 0. The lowest BCUT2D eigenvalue weighted by molar-refractivity contribution is -0.142. The summed E-state index contributed by atoms with van der Waals surface area (Å²) in [6.45, 7) is -1.60. The van der Waals surface area contributed by atoms with E-state index in [9.17, 15) is 14.4 Å². The molecule has 2 heterocycles. The number of para-hydroxylation sites is 1. The third kappa shape index (κ3) is 3.75. The zero-order valence-corrected chi connectivity index (χ0v) is 22.9. The molecule has 0 bridgehead atoms. The lowest BCUT2D eigenvalue weighted by atomic mass is 9.93. The predicted molar refractivity (Wildman–Crippen MR) is 159 cm³/mol. The number of rotatable bonds is 4. The third-order valence-electron chi connectivity index (χ3n) is 7.37. The van der Waals surface area contributed by atoms with Crippen molar-refractivity contribution in [2.24, 2.45) is 0 Å². The smallest absolute Gasteiger partial charge is 0.343 e. The normalized spacial score (nSPS) is 14.9. The van der Waals surface area contributed by atoms with Gasteiger partial charge in [0.2, 0.25) is 11.8 Å². The number of ether oxygens (including phenoxy) is 2. The van der Waals surface area contributed by atoms with Crippen LogP contribution in [-0.2, 0) is 14.3 Å². The molecule has 0 fully saturated rings. The SMILES string of the molecule is COC(=O)C1C(=P(c2ccccc2)(c2ccccc2)c2ccccc2)C(=O)Oc2c1c1ccccc1n2C(C)=O. The van der Waals surface area contributed by atoms with Crippen molar-refractivity contribution in [1.82, 2.24) is 4.57 Å². The van der Waals surface area contributed by atoms with Gasteiger partial charge in [0.1, 0.15) is 5.92 Å². The maximum absolute atomic E-state index is 14.4. The highest BCUT2D eigenvalue weighted by Crippen LogP contribution is 2.53. The molecule has 1 aliphatic heterocycles. The van der Waals surface area contributed by atoms with E-state index in [0.717, 1.165) is 15.9 Å². The Hall–Kier alpha value is -4.67. The van der Waals surface area contributed by atoms with E-state index >= 15 is 0 Å². The quantitative estimate of drug-likeness (QED) is 0.242. The van der Waals surface area contributed by atoms with Crippen LogP contribution in [0.5, 0.6) is 5.88 Å². The summed E-state index contributed by atoms with van der Waals surface area (Å²) < 4.78 is 12.9. The maximum atomic E-state index is 14.4. The van der Waals surface area contributed by atoms with Gasteiger partial charge in [0.15, 0.2) is 0 Å². The molecule has 1 atom stereocenters. The largest absolute Gasteiger partial charge is 0.468 e. The molecule has 1 aromatic heterocycles. The minimum atomic E-state index is -3.01. The Morgan fingerprint density at radius 3 is 1.70 bits per heavy atom. The van der Waals surface area contributed by atoms with E-state index in [1.807, 2.05) is 109 Å². The van der Waals surface area contributed by atoms with Crippen LogP contribution in [0.3, 0.4) is 0 Å². The van der Waals surface area contributed by atoms with Gasteiger partial charge in [0, 0.05) is 17.9 Å². The first-order valence-electron chi connectivity index (χ1n) is 12.9. The molecule has 0 saturated carbocycles. The van der Waals surface area contributed by atoms with Crippen LogP contribution in [0, 0.1) is 0 Å². The monoisotopic (exact) mass is 547 g/mol. The number of esters is 2. The van der Waals surface area contributed by atoms with Crippen molar-refractivity contribution in [3.8, 4) is 5.88 Å². The fourth-order valence-electron chi connectivity index (χ4n) is 5.83. The van der Waals surface area contributed by atoms with Gasteiger partial charge in [-0.25, -0.2) is 9.36 Å². The van der Waals surface area contributed by atoms with Gasteiger partial charge in [-0.1, -0.05) is 109 Å². The zero-order valence-electron chi connectivity index (χ0n) is 22.0. The maximum Gasteiger partial charge on any atom is 0.343 e. The van der Waals surface area contributed by atoms with Gasteiger partial charge in [-0.2, -0.15) is 0 Å². The molecule has 40 heavy (non-hydrogen) atoms. The van der Waals surface area contributed by atoms with Crippen LogP contribution in [0.2, 0.25) is 0 Å². The number of hydrogen-bond donors (Lipinski definition) is 0. The van der Waals surface area contributed by atoms with Crippen molar-refractivity contribution >= 4 is 56.8 Å². The van der Waals surface area contributed by atoms with E-state index < -0.39 is 24.7 Å². The minimum absolute atomic E-state index is 0.0603. The molecule has 0 amide bonds. The highest BCUT2D eigenvalue weighted by atomic mass is 31.2. The van der Waals surface area contributed by atoms with Crippen LogP contribution in [0.25, 0.3) is 10.9 Å². The summed E-state index contributed by atoms with van der Waals surface area (Å²) in [5.74, 6) is -2.62. The van der Waals surface area contributed by atoms with Gasteiger partial charge in [0.25, 0.3) is 0 Å². The summed E-state index contributed by atoms with van der Waals surface area (Å²) in [6, 6.07) is 36.6. The topological polar surface area (TPSA) is 74.6 Å². The molecule has 0 radical (unpaired) electrons. The molecule has 6 nitrogen and oxygen atoms in total. The molecule has 5 aromatic rings. The van der Waals surface area contributed by atoms with Gasteiger partial charge in [-0.05, 0) is 28.9 Å². The van der Waals surface area contributed by atoms with Crippen LogP contribution in [-0.4, -0.2) is 34.8 Å². The van der Waals surface area contributed by atoms with Crippen LogP contribution in [0.1, 0.15) is 23.2 Å². The van der Waals surface area contributed by atoms with Crippen molar-refractivity contribution in [2.75, 3.05) is 7.11 Å². The third-order valence-corrected chi connectivity index (χ3v) is 11.8. The highest BCUT2D eigenvalue weighted by molar-refractivity contribution is 7.96. The number of aromatic nitrogens is 1. The van der Waals surface area contributed by atoms with E-state index in [0.29, 0.717) is 21.8 Å². The van der Waals surface area contributed by atoms with E-state index in [-0.39, 0.29) is 11.8 Å². The molecule has 0 aliphatic carbocycles. The van der Waals surface area contributed by atoms with Crippen molar-refractivity contribution in [3.63, 3.8) is 0 Å². The molecule has 0 N–H and O–H groups in total. The second-order valence-corrected chi connectivity index (χ2v) is 12.9. The fraction of sp³-hybridized carbons (Fsp3) is 0.0909. The first-order chi connectivity index (χ1) is 19.5. The number of carbonyl (C=O) groups excluding carboxylic acids is 3. The summed E-state index contributed by atoms with van der Waals surface area (Å²) in [5, 5.41) is 3.65. The van der Waals surface area contributed by atoms with Crippen molar-refractivity contribution in [3.05, 3.63) is 121 Å². The number of benzene rings is 4. The lowest BCUT2D eigenvalue weighted by Crippen LogP contribution is -2.43. The number of nitrogens with zero attached hydrogens (tertiary/aromatic N) is 1. The summed E-state index contributed by atoms with van der Waals surface area (Å²) in [5.41, 5.74) is 1.02. The molecule has 1 aliphatic rings. The van der Waals surface area contributed by atoms with E-state index in [4.69, 9.17) is 9.47 Å². The zero-order chi connectivity index (χ0) is 27.9. The lowest BCUT2D eigenvalue weighted by Gasteiger charge is -2.36. The van der Waals surface area contributed by atoms with E-state index in [2.05, 4.69) is 0 Å². The van der Waals surface area contributed by atoms with Crippen LogP contribution in [0.15, 0.2) is 115 Å². The predicted octanol–water partition coefficient (Wildman–Crippen LogP) is 4.64. The molecule has 4 aromatic carbocycles. The first kappa shape index (κ1) is 25.6. The van der Waals surface area contributed by atoms with Crippen molar-refractivity contribution < 1.29 is 23.9 Å². The Bertz CT molecular complexity index is 1720. The van der Waals surface area contributed by atoms with E-state index in [1.54, 1.807) is 6.07 Å². The van der Waals surface area contributed by atoms with Crippen molar-refractivity contribution in [1.29, 1.82) is 0 Å². The molecular weight excluding hydrogens is 521 g/mol. The van der Waals surface area contributed by atoms with Crippen LogP contribution < -0.4 is 20.7 Å². The molecule has 0 saturated heterocycles. The molecule has 0 spiro atoms. The number of carbonyl (C=O) groups is 3. The van der Waals surface area contributed by atoms with Gasteiger partial charge in [-0.15, -0.1) is 0 Å². The van der Waals surface area contributed by atoms with Crippen LogP contribution in [0.4, 0.5) is 0 Å². The Labute approximate surface area is 231 Å². The van der Waals surface area contributed by atoms with Gasteiger partial charge in [-0.3, -0.25) is 9.59 Å². The van der Waals surface area contributed by atoms with Gasteiger partial charge in [0.05, 0.1) is 17.9 Å². The Kier molecular flexibility index (Phi) is 6.49.